The van der Waals surface area contributed by atoms with Gasteiger partial charge in [-0.2, -0.15) is 0 Å². The molecule has 0 amide bonds. The standard InChI is InChI=1S/C13H17N3S/c1-9-8-17-13(15-9)11(3)16-10(2)12-4-6-14-7-5-12/h4-8,10-11,16H,1-3H3. The lowest BCUT2D eigenvalue weighted by Gasteiger charge is -2.18. The maximum absolute atomic E-state index is 4.50. The molecule has 2 aromatic heterocycles. The SMILES string of the molecule is Cc1csc(C(C)NC(C)c2ccncc2)n1. The Balaban J connectivity index is 2.02. The second-order valence-electron chi connectivity index (χ2n) is 4.22. The summed E-state index contributed by atoms with van der Waals surface area (Å²) in [5.74, 6) is 0. The minimum atomic E-state index is 0.275. The minimum absolute atomic E-state index is 0.275. The molecular weight excluding hydrogens is 230 g/mol. The normalized spacial score (nSPS) is 14.5. The molecule has 2 aromatic rings. The molecule has 0 spiro atoms. The van der Waals surface area contributed by atoms with E-state index in [9.17, 15) is 0 Å². The zero-order valence-corrected chi connectivity index (χ0v) is 11.2. The van der Waals surface area contributed by atoms with Gasteiger partial charge in [-0.05, 0) is 38.5 Å². The van der Waals surface area contributed by atoms with Gasteiger partial charge >= 0.3 is 0 Å². The van der Waals surface area contributed by atoms with Crippen molar-refractivity contribution in [2.24, 2.45) is 0 Å². The summed E-state index contributed by atoms with van der Waals surface area (Å²) in [6, 6.07) is 4.66. The third-order valence-electron chi connectivity index (χ3n) is 2.71. The summed E-state index contributed by atoms with van der Waals surface area (Å²) in [6.45, 7) is 6.33. The Labute approximate surface area is 106 Å². The molecule has 0 aliphatic rings. The maximum Gasteiger partial charge on any atom is 0.110 e. The van der Waals surface area contributed by atoms with Crippen molar-refractivity contribution in [3.05, 3.63) is 46.2 Å². The Kier molecular flexibility index (Phi) is 3.86. The highest BCUT2D eigenvalue weighted by atomic mass is 32.1. The van der Waals surface area contributed by atoms with E-state index in [1.54, 1.807) is 11.3 Å². The van der Waals surface area contributed by atoms with Crippen LogP contribution in [-0.2, 0) is 0 Å². The molecule has 0 aliphatic heterocycles. The predicted molar refractivity (Wildman–Crippen MR) is 71.1 cm³/mol. The minimum Gasteiger partial charge on any atom is -0.302 e. The van der Waals surface area contributed by atoms with Crippen LogP contribution in [0.15, 0.2) is 29.9 Å². The zero-order chi connectivity index (χ0) is 12.3. The van der Waals surface area contributed by atoms with Gasteiger partial charge < -0.3 is 5.32 Å². The van der Waals surface area contributed by atoms with Crippen LogP contribution >= 0.6 is 11.3 Å². The number of nitrogens with zero attached hydrogens (tertiary/aromatic N) is 2. The summed E-state index contributed by atoms with van der Waals surface area (Å²) < 4.78 is 0. The van der Waals surface area contributed by atoms with Crippen molar-refractivity contribution in [2.75, 3.05) is 0 Å². The van der Waals surface area contributed by atoms with Crippen LogP contribution in [0.5, 0.6) is 0 Å². The monoisotopic (exact) mass is 247 g/mol. The molecule has 2 rings (SSSR count). The van der Waals surface area contributed by atoms with Crippen molar-refractivity contribution in [1.29, 1.82) is 0 Å². The largest absolute Gasteiger partial charge is 0.302 e. The number of aryl methyl sites for hydroxylation is 1. The molecular formula is C13H17N3S. The van der Waals surface area contributed by atoms with Gasteiger partial charge in [-0.15, -0.1) is 11.3 Å². The highest BCUT2D eigenvalue weighted by Crippen LogP contribution is 2.21. The van der Waals surface area contributed by atoms with E-state index >= 15 is 0 Å². The van der Waals surface area contributed by atoms with Crippen LogP contribution < -0.4 is 5.32 Å². The van der Waals surface area contributed by atoms with Crippen LogP contribution in [0.25, 0.3) is 0 Å². The van der Waals surface area contributed by atoms with E-state index in [0.29, 0.717) is 6.04 Å². The van der Waals surface area contributed by atoms with Gasteiger partial charge in [0.05, 0.1) is 6.04 Å². The maximum atomic E-state index is 4.50. The number of nitrogens with one attached hydrogen (secondary N) is 1. The van der Waals surface area contributed by atoms with Crippen molar-refractivity contribution in [3.63, 3.8) is 0 Å². The summed E-state index contributed by atoms with van der Waals surface area (Å²) in [7, 11) is 0. The molecule has 0 saturated heterocycles. The van der Waals surface area contributed by atoms with E-state index in [4.69, 9.17) is 0 Å². The number of rotatable bonds is 4. The van der Waals surface area contributed by atoms with Gasteiger partial charge in [-0.25, -0.2) is 4.98 Å². The Morgan fingerprint density at radius 1 is 1.18 bits per heavy atom. The summed E-state index contributed by atoms with van der Waals surface area (Å²) >= 11 is 1.71. The lowest BCUT2D eigenvalue weighted by Crippen LogP contribution is -2.22. The third-order valence-corrected chi connectivity index (χ3v) is 3.86. The van der Waals surface area contributed by atoms with Gasteiger partial charge in [0.1, 0.15) is 5.01 Å². The molecule has 1 N–H and O–H groups in total. The average molecular weight is 247 g/mol. The second kappa shape index (κ2) is 5.38. The van der Waals surface area contributed by atoms with E-state index < -0.39 is 0 Å². The summed E-state index contributed by atoms with van der Waals surface area (Å²) in [6.07, 6.45) is 3.65. The molecule has 2 atom stereocenters. The summed E-state index contributed by atoms with van der Waals surface area (Å²) in [4.78, 5) is 8.53. The van der Waals surface area contributed by atoms with Gasteiger partial charge in [0.25, 0.3) is 0 Å². The molecule has 0 bridgehead atoms. The molecule has 2 unspecified atom stereocenters. The van der Waals surface area contributed by atoms with E-state index in [-0.39, 0.29) is 6.04 Å². The van der Waals surface area contributed by atoms with E-state index in [0.717, 1.165) is 10.7 Å². The van der Waals surface area contributed by atoms with Crippen LogP contribution in [-0.4, -0.2) is 9.97 Å². The van der Waals surface area contributed by atoms with Gasteiger partial charge in [0.2, 0.25) is 0 Å². The molecule has 90 valence electrons. The first-order chi connectivity index (χ1) is 8.16. The lowest BCUT2D eigenvalue weighted by molar-refractivity contribution is 0.492. The van der Waals surface area contributed by atoms with Crippen molar-refractivity contribution < 1.29 is 0 Å². The molecule has 0 aromatic carbocycles. The van der Waals surface area contributed by atoms with Crippen LogP contribution in [0, 0.1) is 6.92 Å². The fourth-order valence-electron chi connectivity index (χ4n) is 1.77. The van der Waals surface area contributed by atoms with Crippen molar-refractivity contribution in [2.45, 2.75) is 32.9 Å². The first kappa shape index (κ1) is 12.2. The molecule has 0 aliphatic carbocycles. The van der Waals surface area contributed by atoms with Gasteiger partial charge in [-0.1, -0.05) is 0 Å². The number of thiazole rings is 1. The van der Waals surface area contributed by atoms with Crippen molar-refractivity contribution >= 4 is 11.3 Å². The number of hydrogen-bond acceptors (Lipinski definition) is 4. The van der Waals surface area contributed by atoms with Crippen LogP contribution in [0.3, 0.4) is 0 Å². The Hall–Kier alpha value is -1.26. The number of aromatic nitrogens is 2. The Bertz CT molecular complexity index is 467. The Morgan fingerprint density at radius 2 is 1.88 bits per heavy atom. The van der Waals surface area contributed by atoms with Gasteiger partial charge in [0.15, 0.2) is 0 Å². The first-order valence-electron chi connectivity index (χ1n) is 5.75. The summed E-state index contributed by atoms with van der Waals surface area (Å²) in [5.41, 5.74) is 2.34. The van der Waals surface area contributed by atoms with Crippen molar-refractivity contribution in [3.8, 4) is 0 Å². The molecule has 4 heteroatoms. The zero-order valence-electron chi connectivity index (χ0n) is 10.3. The number of hydrogen-bond donors (Lipinski definition) is 1. The lowest BCUT2D eigenvalue weighted by atomic mass is 10.1. The van der Waals surface area contributed by atoms with Gasteiger partial charge in [0, 0.05) is 29.5 Å². The smallest absolute Gasteiger partial charge is 0.110 e. The highest BCUT2D eigenvalue weighted by Gasteiger charge is 2.13. The van der Waals surface area contributed by atoms with Crippen LogP contribution in [0.1, 0.15) is 42.2 Å². The fraction of sp³-hybridized carbons (Fsp3) is 0.385. The molecule has 0 fully saturated rings. The second-order valence-corrected chi connectivity index (χ2v) is 5.11. The third kappa shape index (κ3) is 3.11. The van der Waals surface area contributed by atoms with E-state index in [1.807, 2.05) is 31.5 Å². The molecule has 3 nitrogen and oxygen atoms in total. The van der Waals surface area contributed by atoms with E-state index in [1.165, 1.54) is 5.56 Å². The molecule has 0 radical (unpaired) electrons. The summed E-state index contributed by atoms with van der Waals surface area (Å²) in [5, 5.41) is 6.78. The van der Waals surface area contributed by atoms with Crippen LogP contribution in [0.4, 0.5) is 0 Å². The first-order valence-corrected chi connectivity index (χ1v) is 6.63. The quantitative estimate of drug-likeness (QED) is 0.901. The van der Waals surface area contributed by atoms with Crippen LogP contribution in [0.2, 0.25) is 0 Å². The van der Waals surface area contributed by atoms with Gasteiger partial charge in [-0.3, -0.25) is 4.98 Å². The molecule has 2 heterocycles. The Morgan fingerprint density at radius 3 is 2.47 bits per heavy atom. The highest BCUT2D eigenvalue weighted by molar-refractivity contribution is 7.09. The fourth-order valence-corrected chi connectivity index (χ4v) is 2.58. The average Bonchev–Trinajstić information content (AvgIpc) is 2.77. The topological polar surface area (TPSA) is 37.8 Å². The van der Waals surface area contributed by atoms with Crippen molar-refractivity contribution in [1.82, 2.24) is 15.3 Å². The van der Waals surface area contributed by atoms with E-state index in [2.05, 4.69) is 34.5 Å². The molecule has 0 saturated carbocycles. The predicted octanol–water partition coefficient (Wildman–Crippen LogP) is 3.26. The molecule has 17 heavy (non-hydrogen) atoms. The number of pyridine rings is 1.